The Kier molecular flexibility index (Phi) is 8.73. The second kappa shape index (κ2) is 11.0. The molecule has 0 unspecified atom stereocenters. The number of halogens is 2. The normalized spacial score (nSPS) is 12.1. The smallest absolute Gasteiger partial charge is 0.246 e. The Balaban J connectivity index is 1.80. The van der Waals surface area contributed by atoms with Crippen molar-refractivity contribution in [2.75, 3.05) is 6.54 Å². The van der Waals surface area contributed by atoms with Crippen molar-refractivity contribution in [3.05, 3.63) is 69.8 Å². The molecule has 0 heterocycles. The van der Waals surface area contributed by atoms with Gasteiger partial charge in [0.1, 0.15) is 11.6 Å². The third kappa shape index (κ3) is 6.91. The lowest BCUT2D eigenvalue weighted by Gasteiger charge is -2.16. The maximum atomic E-state index is 13.8. The topological polar surface area (TPSA) is 61.4 Å². The van der Waals surface area contributed by atoms with Gasteiger partial charge in [-0.2, -0.15) is 0 Å². The van der Waals surface area contributed by atoms with E-state index in [9.17, 15) is 13.6 Å². The van der Waals surface area contributed by atoms with E-state index >= 15 is 0 Å². The minimum atomic E-state index is -0.417. The van der Waals surface area contributed by atoms with E-state index in [1.54, 1.807) is 44.5 Å². The standard InChI is InChI=1S/C23H30F2N2O2/c1-15-10-18(7-8-21(15)24)14-26-9-5-4-6-20(23(28)27-29)13-19-11-16(2)22(25)17(3)12-19/h7-8,10-12,20,26,29H,4-6,9,13-14H2,1-3H3,(H,27,28)/t20-/m0/s1. The number of nitrogens with one attached hydrogen (secondary N) is 2. The van der Waals surface area contributed by atoms with Gasteiger partial charge in [0.2, 0.25) is 5.91 Å². The molecule has 0 aliphatic heterocycles. The van der Waals surface area contributed by atoms with Gasteiger partial charge < -0.3 is 5.32 Å². The fourth-order valence-corrected chi connectivity index (χ4v) is 3.55. The number of aryl methyl sites for hydroxylation is 3. The molecule has 1 atom stereocenters. The summed E-state index contributed by atoms with van der Waals surface area (Å²) in [7, 11) is 0. The highest BCUT2D eigenvalue weighted by molar-refractivity contribution is 5.77. The molecule has 0 bridgehead atoms. The molecule has 6 heteroatoms. The van der Waals surface area contributed by atoms with Crippen LogP contribution < -0.4 is 10.8 Å². The largest absolute Gasteiger partial charge is 0.313 e. The van der Waals surface area contributed by atoms with Gasteiger partial charge >= 0.3 is 0 Å². The highest BCUT2D eigenvalue weighted by Crippen LogP contribution is 2.20. The van der Waals surface area contributed by atoms with Crippen LogP contribution in [0.15, 0.2) is 30.3 Å². The molecule has 2 aromatic carbocycles. The molecule has 0 saturated carbocycles. The van der Waals surface area contributed by atoms with Crippen LogP contribution in [-0.2, 0) is 17.8 Å². The van der Waals surface area contributed by atoms with Crippen LogP contribution in [0.2, 0.25) is 0 Å². The summed E-state index contributed by atoms with van der Waals surface area (Å²) in [6, 6.07) is 8.59. The summed E-state index contributed by atoms with van der Waals surface area (Å²) in [5, 5.41) is 12.4. The quantitative estimate of drug-likeness (QED) is 0.310. The Bertz CT molecular complexity index is 817. The molecular formula is C23H30F2N2O2. The number of unbranched alkanes of at least 4 members (excludes halogenated alkanes) is 1. The predicted molar refractivity (Wildman–Crippen MR) is 110 cm³/mol. The van der Waals surface area contributed by atoms with Crippen molar-refractivity contribution in [2.24, 2.45) is 5.92 Å². The molecular weight excluding hydrogens is 374 g/mol. The van der Waals surface area contributed by atoms with Crippen molar-refractivity contribution in [1.82, 2.24) is 10.8 Å². The summed E-state index contributed by atoms with van der Waals surface area (Å²) >= 11 is 0. The summed E-state index contributed by atoms with van der Waals surface area (Å²) in [6.07, 6.45) is 2.76. The van der Waals surface area contributed by atoms with Crippen LogP contribution in [-0.4, -0.2) is 17.7 Å². The van der Waals surface area contributed by atoms with E-state index in [1.807, 2.05) is 6.07 Å². The van der Waals surface area contributed by atoms with E-state index in [4.69, 9.17) is 5.21 Å². The summed E-state index contributed by atoms with van der Waals surface area (Å²) in [5.41, 5.74) is 5.42. The minimum absolute atomic E-state index is 0.200. The highest BCUT2D eigenvalue weighted by Gasteiger charge is 2.19. The zero-order valence-electron chi connectivity index (χ0n) is 17.3. The van der Waals surface area contributed by atoms with Gasteiger partial charge in [0.25, 0.3) is 0 Å². The summed E-state index contributed by atoms with van der Waals surface area (Å²) in [6.45, 7) is 6.60. The number of carbonyl (C=O) groups is 1. The first-order chi connectivity index (χ1) is 13.8. The monoisotopic (exact) mass is 404 g/mol. The van der Waals surface area contributed by atoms with Crippen molar-refractivity contribution >= 4 is 5.91 Å². The molecule has 0 aliphatic carbocycles. The van der Waals surface area contributed by atoms with Crippen LogP contribution in [0.3, 0.4) is 0 Å². The van der Waals surface area contributed by atoms with Crippen molar-refractivity contribution in [2.45, 2.75) is 53.0 Å². The third-order valence-corrected chi connectivity index (χ3v) is 5.17. The molecule has 0 aliphatic rings. The molecule has 4 nitrogen and oxygen atoms in total. The van der Waals surface area contributed by atoms with Crippen LogP contribution in [0.5, 0.6) is 0 Å². The number of amides is 1. The van der Waals surface area contributed by atoms with Crippen LogP contribution >= 0.6 is 0 Å². The molecule has 3 N–H and O–H groups in total. The van der Waals surface area contributed by atoms with Gasteiger partial charge in [-0.1, -0.05) is 30.7 Å². The SMILES string of the molecule is Cc1cc(CNCCCC[C@@H](Cc2cc(C)c(F)c(C)c2)C(=O)NO)ccc1F. The summed E-state index contributed by atoms with van der Waals surface area (Å²) < 4.78 is 27.1. The Labute approximate surface area is 171 Å². The van der Waals surface area contributed by atoms with Gasteiger partial charge in [-0.05, 0) is 80.5 Å². The average Bonchev–Trinajstić information content (AvgIpc) is 2.69. The lowest BCUT2D eigenvalue weighted by molar-refractivity contribution is -0.133. The molecule has 0 fully saturated rings. The molecule has 2 aromatic rings. The van der Waals surface area contributed by atoms with Crippen LogP contribution in [0.1, 0.15) is 47.1 Å². The molecule has 1 amide bonds. The van der Waals surface area contributed by atoms with Crippen molar-refractivity contribution in [1.29, 1.82) is 0 Å². The molecule has 29 heavy (non-hydrogen) atoms. The van der Waals surface area contributed by atoms with Crippen molar-refractivity contribution in [3.63, 3.8) is 0 Å². The number of hydroxylamine groups is 1. The Morgan fingerprint density at radius 3 is 2.28 bits per heavy atom. The van der Waals surface area contributed by atoms with Crippen molar-refractivity contribution in [3.8, 4) is 0 Å². The van der Waals surface area contributed by atoms with E-state index in [-0.39, 0.29) is 17.6 Å². The number of rotatable bonds is 10. The molecule has 0 saturated heterocycles. The highest BCUT2D eigenvalue weighted by atomic mass is 19.1. The van der Waals surface area contributed by atoms with Gasteiger partial charge in [-0.3, -0.25) is 10.0 Å². The summed E-state index contributed by atoms with van der Waals surface area (Å²) in [5.74, 6) is -1.21. The molecule has 0 aromatic heterocycles. The fourth-order valence-electron chi connectivity index (χ4n) is 3.55. The molecule has 158 valence electrons. The summed E-state index contributed by atoms with van der Waals surface area (Å²) in [4.78, 5) is 12.0. The maximum absolute atomic E-state index is 13.8. The number of hydrogen-bond donors (Lipinski definition) is 3. The van der Waals surface area contributed by atoms with E-state index < -0.39 is 5.91 Å². The van der Waals surface area contributed by atoms with E-state index in [1.165, 1.54) is 6.07 Å². The zero-order chi connectivity index (χ0) is 21.4. The van der Waals surface area contributed by atoms with Gasteiger partial charge in [0.05, 0.1) is 0 Å². The number of carbonyl (C=O) groups excluding carboxylic acids is 1. The second-order valence-electron chi connectivity index (χ2n) is 7.68. The number of hydrogen-bond acceptors (Lipinski definition) is 3. The first-order valence-electron chi connectivity index (χ1n) is 9.97. The Hall–Kier alpha value is -2.31. The Morgan fingerprint density at radius 1 is 1.00 bits per heavy atom. The average molecular weight is 405 g/mol. The molecule has 0 radical (unpaired) electrons. The van der Waals surface area contributed by atoms with Gasteiger partial charge in [-0.25, -0.2) is 14.3 Å². The van der Waals surface area contributed by atoms with Crippen LogP contribution in [0.4, 0.5) is 8.78 Å². The van der Waals surface area contributed by atoms with Crippen LogP contribution in [0.25, 0.3) is 0 Å². The third-order valence-electron chi connectivity index (χ3n) is 5.17. The van der Waals surface area contributed by atoms with Crippen LogP contribution in [0, 0.1) is 38.3 Å². The van der Waals surface area contributed by atoms with Gasteiger partial charge in [0.15, 0.2) is 0 Å². The van der Waals surface area contributed by atoms with E-state index in [2.05, 4.69) is 5.32 Å². The van der Waals surface area contributed by atoms with Gasteiger partial charge in [0, 0.05) is 12.5 Å². The van der Waals surface area contributed by atoms with Crippen molar-refractivity contribution < 1.29 is 18.8 Å². The molecule has 0 spiro atoms. The molecule has 2 rings (SSSR count). The zero-order valence-corrected chi connectivity index (χ0v) is 17.3. The minimum Gasteiger partial charge on any atom is -0.313 e. The lowest BCUT2D eigenvalue weighted by atomic mass is 9.91. The van der Waals surface area contributed by atoms with E-state index in [0.717, 1.165) is 30.5 Å². The first kappa shape index (κ1) is 23.0. The van der Waals surface area contributed by atoms with Gasteiger partial charge in [-0.15, -0.1) is 0 Å². The fraction of sp³-hybridized carbons (Fsp3) is 0.435. The second-order valence-corrected chi connectivity index (χ2v) is 7.68. The van der Waals surface area contributed by atoms with E-state index in [0.29, 0.717) is 36.1 Å². The lowest BCUT2D eigenvalue weighted by Crippen LogP contribution is -2.29. The number of benzene rings is 2. The predicted octanol–water partition coefficient (Wildman–Crippen LogP) is 4.51. The maximum Gasteiger partial charge on any atom is 0.246 e. The Morgan fingerprint density at radius 2 is 1.66 bits per heavy atom. The first-order valence-corrected chi connectivity index (χ1v) is 9.97.